The van der Waals surface area contributed by atoms with Gasteiger partial charge >= 0.3 is 12.1 Å². The van der Waals surface area contributed by atoms with E-state index in [1.54, 1.807) is 19.1 Å². The Morgan fingerprint density at radius 1 is 1.22 bits per heavy atom. The van der Waals surface area contributed by atoms with Gasteiger partial charge in [0.25, 0.3) is 5.91 Å². The maximum absolute atomic E-state index is 14.0. The molecule has 0 fully saturated rings. The number of hydrogen-bond donors (Lipinski definition) is 2. The summed E-state index contributed by atoms with van der Waals surface area (Å²) in [6, 6.07) is 6.16. The van der Waals surface area contributed by atoms with Gasteiger partial charge in [0.2, 0.25) is 0 Å². The summed E-state index contributed by atoms with van der Waals surface area (Å²) in [7, 11) is 0. The highest BCUT2D eigenvalue weighted by Gasteiger charge is 2.47. The molecule has 3 heterocycles. The number of halogens is 3. The molecular formula is C26H27F3N4O3S. The monoisotopic (exact) mass is 532 g/mol. The minimum absolute atomic E-state index is 0.111. The SMILES string of the molecule is CCOC(=O)c1c(NC(=O)c2cc3n(n2)[C@H](C(F)(F)F)C[C@@H](c2ccc(C)cc2)N3)sc2c1CCCC2. The van der Waals surface area contributed by atoms with Crippen LogP contribution in [0.4, 0.5) is 24.0 Å². The summed E-state index contributed by atoms with van der Waals surface area (Å²) in [6.07, 6.45) is -1.37. The predicted molar refractivity (Wildman–Crippen MR) is 134 cm³/mol. The number of carbonyl (C=O) groups is 2. The molecule has 196 valence electrons. The maximum atomic E-state index is 14.0. The third-order valence-electron chi connectivity index (χ3n) is 6.78. The molecule has 0 unspecified atom stereocenters. The summed E-state index contributed by atoms with van der Waals surface area (Å²) in [4.78, 5) is 26.9. The van der Waals surface area contributed by atoms with Gasteiger partial charge in [-0.05, 0) is 50.7 Å². The molecule has 37 heavy (non-hydrogen) atoms. The van der Waals surface area contributed by atoms with E-state index in [2.05, 4.69) is 15.7 Å². The molecule has 0 bridgehead atoms. The summed E-state index contributed by atoms with van der Waals surface area (Å²) in [5.41, 5.74) is 2.79. The molecule has 5 rings (SSSR count). The second kappa shape index (κ2) is 9.85. The Hall–Kier alpha value is -3.34. The minimum Gasteiger partial charge on any atom is -0.462 e. The average Bonchev–Trinajstić information content (AvgIpc) is 3.44. The van der Waals surface area contributed by atoms with Crippen LogP contribution in [0, 0.1) is 6.92 Å². The normalized spacial score (nSPS) is 18.9. The molecule has 7 nitrogen and oxygen atoms in total. The molecule has 0 saturated heterocycles. The first kappa shape index (κ1) is 25.3. The lowest BCUT2D eigenvalue weighted by atomic mass is 9.95. The number of amides is 1. The average molecular weight is 533 g/mol. The Kier molecular flexibility index (Phi) is 6.74. The fourth-order valence-corrected chi connectivity index (χ4v) is 6.21. The molecule has 0 spiro atoms. The zero-order valence-corrected chi connectivity index (χ0v) is 21.3. The van der Waals surface area contributed by atoms with Crippen LogP contribution >= 0.6 is 11.3 Å². The summed E-state index contributed by atoms with van der Waals surface area (Å²) in [6.45, 7) is 3.81. The Morgan fingerprint density at radius 3 is 2.65 bits per heavy atom. The van der Waals surface area contributed by atoms with Crippen molar-refractivity contribution in [3.8, 4) is 0 Å². The predicted octanol–water partition coefficient (Wildman–Crippen LogP) is 6.22. The van der Waals surface area contributed by atoms with Gasteiger partial charge in [-0.25, -0.2) is 9.48 Å². The third kappa shape index (κ3) is 4.96. The molecule has 1 amide bonds. The van der Waals surface area contributed by atoms with Crippen LogP contribution in [0.15, 0.2) is 30.3 Å². The van der Waals surface area contributed by atoms with Gasteiger partial charge in [-0.2, -0.15) is 18.3 Å². The number of rotatable bonds is 5. The number of aryl methyl sites for hydroxylation is 2. The third-order valence-corrected chi connectivity index (χ3v) is 7.99. The van der Waals surface area contributed by atoms with Crippen molar-refractivity contribution in [3.05, 3.63) is 63.2 Å². The molecule has 1 aliphatic carbocycles. The molecule has 1 aromatic carbocycles. The van der Waals surface area contributed by atoms with E-state index in [0.717, 1.165) is 45.5 Å². The van der Waals surface area contributed by atoms with Crippen LogP contribution in [-0.4, -0.2) is 34.4 Å². The van der Waals surface area contributed by atoms with E-state index in [0.29, 0.717) is 17.0 Å². The fourth-order valence-electron chi connectivity index (χ4n) is 4.94. The van der Waals surface area contributed by atoms with Crippen molar-refractivity contribution in [2.45, 2.75) is 64.2 Å². The number of fused-ring (bicyclic) bond motifs is 2. The van der Waals surface area contributed by atoms with Gasteiger partial charge in [-0.15, -0.1) is 11.3 Å². The highest BCUT2D eigenvalue weighted by atomic mass is 32.1. The molecule has 2 N–H and O–H groups in total. The number of nitrogens with one attached hydrogen (secondary N) is 2. The molecular weight excluding hydrogens is 505 g/mol. The molecule has 11 heteroatoms. The molecule has 3 aromatic rings. The summed E-state index contributed by atoms with van der Waals surface area (Å²) in [5, 5.41) is 10.2. The van der Waals surface area contributed by atoms with E-state index in [-0.39, 0.29) is 24.5 Å². The van der Waals surface area contributed by atoms with Crippen LogP contribution in [0.2, 0.25) is 0 Å². The van der Waals surface area contributed by atoms with Crippen molar-refractivity contribution < 1.29 is 27.5 Å². The summed E-state index contributed by atoms with van der Waals surface area (Å²) < 4.78 is 48.2. The first-order valence-electron chi connectivity index (χ1n) is 12.3. The van der Waals surface area contributed by atoms with E-state index < -0.39 is 30.1 Å². The van der Waals surface area contributed by atoms with Gasteiger partial charge in [0, 0.05) is 17.4 Å². The topological polar surface area (TPSA) is 85.2 Å². The number of nitrogens with zero attached hydrogens (tertiary/aromatic N) is 2. The van der Waals surface area contributed by atoms with Gasteiger partial charge in [0.15, 0.2) is 11.7 Å². The zero-order valence-electron chi connectivity index (χ0n) is 20.4. The molecule has 2 aromatic heterocycles. The van der Waals surface area contributed by atoms with E-state index in [4.69, 9.17) is 4.74 Å². The highest BCUT2D eigenvalue weighted by Crippen LogP contribution is 2.44. The Labute approximate surface area is 216 Å². The first-order chi connectivity index (χ1) is 17.7. The van der Waals surface area contributed by atoms with Crippen molar-refractivity contribution >= 4 is 34.0 Å². The van der Waals surface area contributed by atoms with Crippen LogP contribution in [-0.2, 0) is 17.6 Å². The Balaban J connectivity index is 1.45. The smallest absolute Gasteiger partial charge is 0.410 e. The van der Waals surface area contributed by atoms with E-state index >= 15 is 0 Å². The number of thiophene rings is 1. The van der Waals surface area contributed by atoms with Crippen molar-refractivity contribution in [3.63, 3.8) is 0 Å². The van der Waals surface area contributed by atoms with Crippen LogP contribution in [0.25, 0.3) is 0 Å². The number of anilines is 2. The first-order valence-corrected chi connectivity index (χ1v) is 13.1. The lowest BCUT2D eigenvalue weighted by Gasteiger charge is -2.33. The number of aromatic nitrogens is 2. The number of hydrogen-bond acceptors (Lipinski definition) is 6. The van der Waals surface area contributed by atoms with E-state index in [1.807, 2.05) is 19.1 Å². The Morgan fingerprint density at radius 2 is 1.95 bits per heavy atom. The molecule has 1 aliphatic heterocycles. The van der Waals surface area contributed by atoms with Gasteiger partial charge in [0.05, 0.1) is 18.2 Å². The second-order valence-corrected chi connectivity index (χ2v) is 10.5. The van der Waals surface area contributed by atoms with E-state index in [9.17, 15) is 22.8 Å². The lowest BCUT2D eigenvalue weighted by molar-refractivity contribution is -0.173. The van der Waals surface area contributed by atoms with Crippen molar-refractivity contribution in [2.75, 3.05) is 17.2 Å². The number of ether oxygens (including phenoxy) is 1. The highest BCUT2D eigenvalue weighted by molar-refractivity contribution is 7.17. The van der Waals surface area contributed by atoms with Gasteiger partial charge < -0.3 is 15.4 Å². The number of alkyl halides is 3. The van der Waals surface area contributed by atoms with Crippen LogP contribution in [0.5, 0.6) is 0 Å². The van der Waals surface area contributed by atoms with Crippen LogP contribution in [0.1, 0.15) is 80.7 Å². The van der Waals surface area contributed by atoms with Gasteiger partial charge in [-0.3, -0.25) is 4.79 Å². The molecule has 2 atom stereocenters. The summed E-state index contributed by atoms with van der Waals surface area (Å²) >= 11 is 1.31. The summed E-state index contributed by atoms with van der Waals surface area (Å²) in [5.74, 6) is -1.08. The van der Waals surface area contributed by atoms with Crippen molar-refractivity contribution in [2.24, 2.45) is 0 Å². The van der Waals surface area contributed by atoms with Gasteiger partial charge in [0.1, 0.15) is 10.8 Å². The van der Waals surface area contributed by atoms with E-state index in [1.165, 1.54) is 17.4 Å². The molecule has 2 aliphatic rings. The van der Waals surface area contributed by atoms with Gasteiger partial charge in [-0.1, -0.05) is 29.8 Å². The van der Waals surface area contributed by atoms with Crippen molar-refractivity contribution in [1.29, 1.82) is 0 Å². The molecule has 0 radical (unpaired) electrons. The van der Waals surface area contributed by atoms with Crippen LogP contribution < -0.4 is 10.6 Å². The lowest BCUT2D eigenvalue weighted by Crippen LogP contribution is -2.35. The second-order valence-electron chi connectivity index (χ2n) is 9.35. The van der Waals surface area contributed by atoms with Crippen LogP contribution in [0.3, 0.4) is 0 Å². The Bertz CT molecular complexity index is 1330. The number of esters is 1. The maximum Gasteiger partial charge on any atom is 0.410 e. The fraction of sp³-hybridized carbons (Fsp3) is 0.423. The zero-order chi connectivity index (χ0) is 26.3. The quantitative estimate of drug-likeness (QED) is 0.381. The standard InChI is InChI=1S/C26H27F3N4O3S/c1-3-36-25(35)22-16-6-4-5-7-19(16)37-24(22)31-23(34)18-13-21-30-17(15-10-8-14(2)9-11-15)12-20(26(27,28)29)33(21)32-18/h8-11,13,17,20,30H,3-7,12H2,1-2H3,(H,31,34)/t17-,20-/m0/s1. The minimum atomic E-state index is -4.55. The molecule has 0 saturated carbocycles. The number of carbonyl (C=O) groups excluding carboxylic acids is 2. The van der Waals surface area contributed by atoms with Crippen molar-refractivity contribution in [1.82, 2.24) is 9.78 Å². The largest absolute Gasteiger partial charge is 0.462 e. The number of benzene rings is 1.